The number of halogens is 16. The normalized spacial score (nSPS) is 13.5. The molecule has 0 spiro atoms. The second kappa shape index (κ2) is 57.7. The van der Waals surface area contributed by atoms with Gasteiger partial charge in [0, 0.05) is 73.0 Å². The highest BCUT2D eigenvalue weighted by Crippen LogP contribution is 2.48. The summed E-state index contributed by atoms with van der Waals surface area (Å²) in [6.07, 6.45) is 1.28. The van der Waals surface area contributed by atoms with Crippen LogP contribution in [0.5, 0.6) is 40.2 Å². The zero-order chi connectivity index (χ0) is 108. The van der Waals surface area contributed by atoms with E-state index in [1.807, 2.05) is 120 Å². The first kappa shape index (κ1) is 119. The first-order chi connectivity index (χ1) is 71.4. The van der Waals surface area contributed by atoms with Crippen molar-refractivity contribution in [3.8, 4) is 107 Å². The topological polar surface area (TPSA) is 214 Å². The number of phenols is 1. The van der Waals surface area contributed by atoms with Gasteiger partial charge in [-0.15, -0.1) is 0 Å². The number of hydrogen-bond acceptors (Lipinski definition) is 15. The van der Waals surface area contributed by atoms with Gasteiger partial charge in [-0.2, -0.15) is 0 Å². The molecule has 0 aromatic heterocycles. The first-order valence-corrected chi connectivity index (χ1v) is 52.2. The minimum Gasteiger partial charge on any atom is -0.507 e. The van der Waals surface area contributed by atoms with Crippen molar-refractivity contribution in [3.05, 3.63) is 409 Å². The van der Waals surface area contributed by atoms with E-state index in [0.29, 0.717) is 141 Å². The Bertz CT molecular complexity index is 6920. The Kier molecular flexibility index (Phi) is 45.9. The molecule has 15 aromatic carbocycles. The summed E-state index contributed by atoms with van der Waals surface area (Å²) in [6.45, 7) is 14.6. The van der Waals surface area contributed by atoms with E-state index >= 15 is 0 Å². The molecule has 5 atom stereocenters. The van der Waals surface area contributed by atoms with E-state index in [-0.39, 0.29) is 76.8 Å². The number of ether oxygens (including phenoxy) is 9. The molecule has 1 fully saturated rings. The lowest BCUT2D eigenvalue weighted by molar-refractivity contribution is 0.0286. The van der Waals surface area contributed by atoms with Gasteiger partial charge in [0.15, 0.2) is 0 Å². The molecule has 782 valence electrons. The van der Waals surface area contributed by atoms with Crippen LogP contribution in [0, 0.1) is 82.3 Å². The highest BCUT2D eigenvalue weighted by Gasteiger charge is 2.32. The SMILES string of the molecule is COc1c(Br)ccc(F)c1-c1ccc(Cl)cc1C.COc1c(C[C@H](O)CBr)ccc(F)c1-c1ccc(Cl)cc1C.COc1c(C[C@H](O)COCc2ccccc2)ccc(F)c1-c1ccc(Cl)cc1C.COc1cccc(F)c1B(O)O.Cc1cc(Cl)ccc1-c1c(F)ccc2c1O[C@@H](CBr)C2.Cc1cc(Cl)ccc1-c1c(F)ccc2c1O[C@@H](CN)C2.Cc1cc(Cl)ccc1-c1c(O)cccc1F.c1ccc(COC[C@@H]2CO2)cc1. The van der Waals surface area contributed by atoms with Crippen molar-refractivity contribution in [1.29, 1.82) is 0 Å². The lowest BCUT2D eigenvalue weighted by atomic mass is 9.79. The van der Waals surface area contributed by atoms with Gasteiger partial charge in [-0.1, -0.05) is 235 Å². The lowest BCUT2D eigenvalue weighted by Crippen LogP contribution is -2.33. The summed E-state index contributed by atoms with van der Waals surface area (Å²) in [5.41, 5.74) is 23.5. The second-order valence-corrected chi connectivity index (χ2v) is 39.5. The van der Waals surface area contributed by atoms with Gasteiger partial charge in [-0.3, -0.25) is 0 Å². The highest BCUT2D eigenvalue weighted by molar-refractivity contribution is 9.10. The first-order valence-electron chi connectivity index (χ1n) is 46.9. The van der Waals surface area contributed by atoms with Crippen LogP contribution in [0.1, 0.15) is 66.8 Å². The maximum absolute atomic E-state index is 14.7. The lowest BCUT2D eigenvalue weighted by Gasteiger charge is -2.18. The van der Waals surface area contributed by atoms with E-state index < -0.39 is 31.0 Å². The molecule has 32 heteroatoms. The summed E-state index contributed by atoms with van der Waals surface area (Å²) < 4.78 is 148. The van der Waals surface area contributed by atoms with E-state index in [1.54, 1.807) is 109 Å². The average molecular weight is 2350 g/mol. The third-order valence-corrected chi connectivity index (χ3v) is 27.4. The number of hydrogen-bond donors (Lipinski definition) is 6. The number of aromatic hydroxyl groups is 1. The van der Waals surface area contributed by atoms with Crippen molar-refractivity contribution in [2.75, 3.05) is 65.5 Å². The maximum Gasteiger partial charge on any atom is 0.495 e. The van der Waals surface area contributed by atoms with Crippen LogP contribution in [-0.2, 0) is 53.1 Å². The number of alkyl halides is 2. The molecular weight excluding hydrogens is 2240 g/mol. The standard InChI is InChI=1S/C24H24ClFO3.C17H17BrClFO2.C16H13BrClFO.C16H15ClFNO.C14H11BrClFO.C13H10ClFO.C10H12O2.C7H8BFO3/c1-16-12-19(25)9-10-21(16)23-22(26)11-8-18(24(23)28-2)13-20(27)15-29-14-17-6-4-3-5-7-17;1-10-7-12(19)4-5-14(10)16-15(20)6-3-11(17(16)22-2)8-13(21)9-18;1-9-6-11(18)3-4-13(9)15-14(19)5-2-10-7-12(8-17)20-16(10)15;1-9-6-11(17)3-4-13(9)15-14(18)5-2-10-7-12(8-19)20-16(10)15;1-8-7-9(16)3-4-10(8)13-12(17)6-5-11(15)14(13)18-2;1-8-7-9(14)5-6-10(8)13-11(15)3-2-4-12(13)16;1-2-4-9(5-3-1)6-11-7-10-8-12-10;1-12-6-4-2-3-5(9)7(6)8(10)11/h3-12,20,27H,13-15H2,1-2H3;3-7,13,21H,8-9H2,1-2H3;2-6,12H,7-8H2,1H3;2-6,12H,7-8,19H2,1H3;3-7H,1-2H3;2-7,16H,1H3;1-5,10H,6-8H2;2-4,10-11H,1H3/t20-;13-;2*12-;;;10-;/m0011..1./s1. The molecule has 0 bridgehead atoms. The number of benzene rings is 15. The molecule has 0 radical (unpaired) electrons. The number of phenolic OH excluding ortho intramolecular Hbond substituents is 1. The Morgan fingerprint density at radius 2 is 0.738 bits per heavy atom. The second-order valence-electron chi connectivity index (χ2n) is 34.7. The fourth-order valence-electron chi connectivity index (χ4n) is 16.6. The van der Waals surface area contributed by atoms with Crippen LogP contribution >= 0.6 is 117 Å². The Balaban J connectivity index is 0.000000164. The van der Waals surface area contributed by atoms with Gasteiger partial charge < -0.3 is 73.7 Å². The van der Waals surface area contributed by atoms with Crippen LogP contribution in [0.25, 0.3) is 66.8 Å². The summed E-state index contributed by atoms with van der Waals surface area (Å²) in [6, 6.07) is 75.9. The number of nitrogens with two attached hydrogens (primary N) is 1. The minimum absolute atomic E-state index is 0.0644. The summed E-state index contributed by atoms with van der Waals surface area (Å²) in [5.74, 6) is -0.0405. The number of aryl methyl sites for hydroxylation is 6. The Labute approximate surface area is 919 Å². The molecule has 1 saturated heterocycles. The van der Waals surface area contributed by atoms with Gasteiger partial charge in [0.05, 0.1) is 117 Å². The van der Waals surface area contributed by atoms with Gasteiger partial charge >= 0.3 is 7.12 Å². The average Bonchev–Trinajstić information content (AvgIpc) is 1.68. The third-order valence-electron chi connectivity index (χ3n) is 23.9. The molecule has 3 heterocycles. The summed E-state index contributed by atoms with van der Waals surface area (Å²) >= 11 is 45.7. The zero-order valence-electron chi connectivity index (χ0n) is 82.9. The van der Waals surface area contributed by atoms with Gasteiger partial charge in [0.25, 0.3) is 0 Å². The van der Waals surface area contributed by atoms with Crippen LogP contribution < -0.4 is 39.6 Å². The molecule has 0 saturated carbocycles. The van der Waals surface area contributed by atoms with Crippen LogP contribution in [0.3, 0.4) is 0 Å². The van der Waals surface area contributed by atoms with Crippen LogP contribution in [0.15, 0.2) is 271 Å². The fraction of sp³-hybridized carbons (Fsp3) is 0.231. The zero-order valence-corrected chi connectivity index (χ0v) is 92.2. The monoisotopic (exact) mass is 2340 g/mol. The van der Waals surface area contributed by atoms with E-state index in [1.165, 1.54) is 94.7 Å². The largest absolute Gasteiger partial charge is 0.507 e. The van der Waals surface area contributed by atoms with Crippen molar-refractivity contribution < 1.29 is 98.7 Å². The van der Waals surface area contributed by atoms with E-state index in [4.69, 9.17) is 128 Å². The van der Waals surface area contributed by atoms with Crippen LogP contribution in [-0.4, -0.2) is 128 Å². The molecular formula is C117H110BBr3Cl6F7NO14. The van der Waals surface area contributed by atoms with Crippen molar-refractivity contribution >= 4 is 130 Å². The molecule has 3 aliphatic heterocycles. The summed E-state index contributed by atoms with van der Waals surface area (Å²) in [7, 11) is 4.02. The van der Waals surface area contributed by atoms with Gasteiger partial charge in [0.1, 0.15) is 99.3 Å². The van der Waals surface area contributed by atoms with Crippen molar-refractivity contribution in [3.63, 3.8) is 0 Å². The number of aliphatic hydroxyl groups excluding tert-OH is 2. The van der Waals surface area contributed by atoms with Gasteiger partial charge in [-0.05, 0) is 291 Å². The molecule has 149 heavy (non-hydrogen) atoms. The molecule has 18 rings (SSSR count). The van der Waals surface area contributed by atoms with Gasteiger partial charge in [-0.25, -0.2) is 30.7 Å². The maximum atomic E-state index is 14.7. The van der Waals surface area contributed by atoms with E-state index in [9.17, 15) is 46.1 Å². The summed E-state index contributed by atoms with van der Waals surface area (Å²) in [4.78, 5) is 0. The number of epoxide rings is 1. The molecule has 3 aliphatic rings. The predicted molar refractivity (Wildman–Crippen MR) is 596 cm³/mol. The molecule has 0 amide bonds. The minimum atomic E-state index is -1.85. The molecule has 0 unspecified atom stereocenters. The number of aliphatic hydroxyl groups is 2. The van der Waals surface area contributed by atoms with Crippen molar-refractivity contribution in [2.45, 2.75) is 111 Å². The van der Waals surface area contributed by atoms with Crippen molar-refractivity contribution in [1.82, 2.24) is 0 Å². The number of fused-ring (bicyclic) bond motifs is 2. The Morgan fingerprint density at radius 1 is 0.389 bits per heavy atom. The molecule has 15 aromatic rings. The molecule has 15 nitrogen and oxygen atoms in total. The molecule has 0 aliphatic carbocycles. The van der Waals surface area contributed by atoms with Gasteiger partial charge in [0.2, 0.25) is 0 Å². The van der Waals surface area contributed by atoms with E-state index in [2.05, 4.69) is 59.9 Å². The predicted octanol–water partition coefficient (Wildman–Crippen LogP) is 29.7. The Morgan fingerprint density at radius 3 is 1.11 bits per heavy atom. The van der Waals surface area contributed by atoms with Crippen LogP contribution in [0.4, 0.5) is 30.7 Å². The van der Waals surface area contributed by atoms with Crippen LogP contribution in [0.2, 0.25) is 30.1 Å². The van der Waals surface area contributed by atoms with E-state index in [0.717, 1.165) is 120 Å². The number of methoxy groups -OCH3 is 4. The van der Waals surface area contributed by atoms with Crippen molar-refractivity contribution in [2.24, 2.45) is 5.73 Å². The number of rotatable bonds is 26. The quantitative estimate of drug-likeness (QED) is 0.0129. The highest BCUT2D eigenvalue weighted by atomic mass is 79.9. The fourth-order valence-corrected chi connectivity index (χ4v) is 19.1. The third kappa shape index (κ3) is 32.7. The molecule has 7 N–H and O–H groups in total. The summed E-state index contributed by atoms with van der Waals surface area (Å²) in [5, 5.41) is 52.3. The smallest absolute Gasteiger partial charge is 0.495 e. The Hall–Kier alpha value is -10.7.